The maximum atomic E-state index is 13.7. The Kier molecular flexibility index (Phi) is 7.88. The van der Waals surface area contributed by atoms with Crippen LogP contribution in [0.5, 0.6) is 5.75 Å². The van der Waals surface area contributed by atoms with Crippen LogP contribution in [0.1, 0.15) is 11.6 Å². The average molecular weight is 347 g/mol. The third kappa shape index (κ3) is 6.52. The van der Waals surface area contributed by atoms with Crippen molar-refractivity contribution in [3.8, 4) is 5.75 Å². The summed E-state index contributed by atoms with van der Waals surface area (Å²) in [5, 5.41) is 2.85. The molecule has 6 heteroatoms. The molecule has 0 saturated heterocycles. The highest BCUT2D eigenvalue weighted by Gasteiger charge is 2.16. The molecule has 25 heavy (non-hydrogen) atoms. The van der Waals surface area contributed by atoms with Gasteiger partial charge in [0.05, 0.1) is 19.3 Å². The fourth-order valence-electron chi connectivity index (χ4n) is 2.18. The first-order valence-corrected chi connectivity index (χ1v) is 7.99. The molecule has 0 bridgehead atoms. The second kappa shape index (κ2) is 10.4. The third-order valence-corrected chi connectivity index (χ3v) is 3.44. The zero-order valence-corrected chi connectivity index (χ0v) is 14.1. The predicted octanol–water partition coefficient (Wildman–Crippen LogP) is 2.73. The first-order chi connectivity index (χ1) is 12.2. The minimum Gasteiger partial charge on any atom is -0.488 e. The molecule has 134 valence electrons. The van der Waals surface area contributed by atoms with E-state index in [0.717, 1.165) is 5.56 Å². The number of ether oxygens (including phenoxy) is 3. The molecule has 0 spiro atoms. The van der Waals surface area contributed by atoms with Gasteiger partial charge in [0.1, 0.15) is 13.2 Å². The number of methoxy groups -OCH3 is 1. The molecular formula is C19H22FNO4. The van der Waals surface area contributed by atoms with Crippen LogP contribution in [-0.2, 0) is 14.3 Å². The summed E-state index contributed by atoms with van der Waals surface area (Å²) in [6.45, 7) is 0.790. The number of halogens is 1. The van der Waals surface area contributed by atoms with Crippen LogP contribution >= 0.6 is 0 Å². The molecule has 0 aliphatic rings. The van der Waals surface area contributed by atoms with Gasteiger partial charge in [-0.05, 0) is 17.7 Å². The summed E-state index contributed by atoms with van der Waals surface area (Å²) in [6, 6.07) is 15.1. The van der Waals surface area contributed by atoms with Crippen molar-refractivity contribution in [3.63, 3.8) is 0 Å². The number of benzene rings is 2. The number of carbonyl (C=O) groups excluding carboxylic acids is 1. The topological polar surface area (TPSA) is 56.8 Å². The highest BCUT2D eigenvalue weighted by Crippen LogP contribution is 2.19. The average Bonchev–Trinajstić information content (AvgIpc) is 2.64. The molecule has 2 aromatic carbocycles. The summed E-state index contributed by atoms with van der Waals surface area (Å²) >= 11 is 0. The first-order valence-electron chi connectivity index (χ1n) is 7.99. The third-order valence-electron chi connectivity index (χ3n) is 3.44. The summed E-state index contributed by atoms with van der Waals surface area (Å²) in [5.41, 5.74) is 0.865. The van der Waals surface area contributed by atoms with E-state index in [9.17, 15) is 9.18 Å². The lowest BCUT2D eigenvalue weighted by Crippen LogP contribution is -2.35. The fraction of sp³-hybridized carbons (Fsp3) is 0.316. The zero-order chi connectivity index (χ0) is 17.9. The lowest BCUT2D eigenvalue weighted by molar-refractivity contribution is -0.127. The number of para-hydroxylation sites is 1. The van der Waals surface area contributed by atoms with E-state index >= 15 is 0 Å². The van der Waals surface area contributed by atoms with E-state index < -0.39 is 11.9 Å². The van der Waals surface area contributed by atoms with Crippen molar-refractivity contribution in [3.05, 3.63) is 66.0 Å². The molecule has 0 aliphatic carbocycles. The molecule has 1 atom stereocenters. The smallest absolute Gasteiger partial charge is 0.246 e. The van der Waals surface area contributed by atoms with Gasteiger partial charge in [-0.2, -0.15) is 0 Å². The van der Waals surface area contributed by atoms with Crippen LogP contribution in [0.15, 0.2) is 54.6 Å². The molecule has 0 saturated carbocycles. The van der Waals surface area contributed by atoms with Crippen LogP contribution in [0.25, 0.3) is 0 Å². The highest BCUT2D eigenvalue weighted by atomic mass is 19.1. The van der Waals surface area contributed by atoms with E-state index in [4.69, 9.17) is 14.2 Å². The van der Waals surface area contributed by atoms with E-state index in [1.54, 1.807) is 25.3 Å². The van der Waals surface area contributed by atoms with Gasteiger partial charge in [-0.15, -0.1) is 0 Å². The standard InChI is InChI=1S/C19H22FNO4/c1-23-11-12-24-14-19(22)21-17(15-7-3-2-4-8-15)13-25-18-10-6-5-9-16(18)20/h2-10,17H,11-14H2,1H3,(H,21,22)/t17-/m1/s1. The number of nitrogens with one attached hydrogen (secondary N) is 1. The van der Waals surface area contributed by atoms with Crippen LogP contribution in [-0.4, -0.2) is 39.4 Å². The molecule has 0 heterocycles. The van der Waals surface area contributed by atoms with Gasteiger partial charge < -0.3 is 19.5 Å². The lowest BCUT2D eigenvalue weighted by atomic mass is 10.1. The summed E-state index contributed by atoms with van der Waals surface area (Å²) in [5.74, 6) is -0.570. The molecule has 0 unspecified atom stereocenters. The lowest BCUT2D eigenvalue weighted by Gasteiger charge is -2.20. The van der Waals surface area contributed by atoms with E-state index in [-0.39, 0.29) is 24.9 Å². The van der Waals surface area contributed by atoms with Crippen molar-refractivity contribution in [1.29, 1.82) is 0 Å². The minimum absolute atomic E-state index is 0.0770. The van der Waals surface area contributed by atoms with Gasteiger partial charge in [-0.1, -0.05) is 42.5 Å². The van der Waals surface area contributed by atoms with Crippen LogP contribution in [0.2, 0.25) is 0 Å². The van der Waals surface area contributed by atoms with Crippen molar-refractivity contribution < 1.29 is 23.4 Å². The normalized spacial score (nSPS) is 11.8. The SMILES string of the molecule is COCCOCC(=O)N[C@H](COc1ccccc1F)c1ccccc1. The van der Waals surface area contributed by atoms with Crippen LogP contribution in [0.3, 0.4) is 0 Å². The zero-order valence-electron chi connectivity index (χ0n) is 14.1. The molecule has 1 N–H and O–H groups in total. The molecule has 1 amide bonds. The van der Waals surface area contributed by atoms with E-state index in [0.29, 0.717) is 13.2 Å². The monoisotopic (exact) mass is 347 g/mol. The molecule has 0 radical (unpaired) electrons. The largest absolute Gasteiger partial charge is 0.488 e. The Bertz CT molecular complexity index is 651. The number of hydrogen-bond acceptors (Lipinski definition) is 4. The maximum absolute atomic E-state index is 13.7. The van der Waals surface area contributed by atoms with Crippen molar-refractivity contribution in [2.24, 2.45) is 0 Å². The summed E-state index contributed by atoms with van der Waals surface area (Å²) in [4.78, 5) is 12.1. The molecule has 2 rings (SSSR count). The Labute approximate surface area is 146 Å². The van der Waals surface area contributed by atoms with Gasteiger partial charge in [0.15, 0.2) is 11.6 Å². The van der Waals surface area contributed by atoms with Gasteiger partial charge in [0.25, 0.3) is 0 Å². The van der Waals surface area contributed by atoms with Gasteiger partial charge in [0.2, 0.25) is 5.91 Å². The van der Waals surface area contributed by atoms with Crippen molar-refractivity contribution >= 4 is 5.91 Å². The Morgan fingerprint density at radius 3 is 2.52 bits per heavy atom. The number of rotatable bonds is 10. The molecule has 0 fully saturated rings. The minimum atomic E-state index is -0.441. The predicted molar refractivity (Wildman–Crippen MR) is 91.9 cm³/mol. The van der Waals surface area contributed by atoms with Crippen molar-refractivity contribution in [2.45, 2.75) is 6.04 Å². The Morgan fingerprint density at radius 1 is 1.08 bits per heavy atom. The highest BCUT2D eigenvalue weighted by molar-refractivity contribution is 5.77. The number of amides is 1. The molecular weight excluding hydrogens is 325 g/mol. The van der Waals surface area contributed by atoms with E-state index in [2.05, 4.69) is 5.32 Å². The molecule has 5 nitrogen and oxygen atoms in total. The van der Waals surface area contributed by atoms with Gasteiger partial charge >= 0.3 is 0 Å². The van der Waals surface area contributed by atoms with E-state index in [1.807, 2.05) is 30.3 Å². The van der Waals surface area contributed by atoms with Gasteiger partial charge in [0, 0.05) is 7.11 Å². The summed E-state index contributed by atoms with van der Waals surface area (Å²) in [6.07, 6.45) is 0. The Hall–Kier alpha value is -2.44. The second-order valence-electron chi connectivity index (χ2n) is 5.32. The van der Waals surface area contributed by atoms with Crippen molar-refractivity contribution in [2.75, 3.05) is 33.5 Å². The van der Waals surface area contributed by atoms with E-state index in [1.165, 1.54) is 6.07 Å². The van der Waals surface area contributed by atoms with Crippen molar-refractivity contribution in [1.82, 2.24) is 5.32 Å². The molecule has 2 aromatic rings. The van der Waals surface area contributed by atoms with Gasteiger partial charge in [-0.25, -0.2) is 4.39 Å². The molecule has 0 aliphatic heterocycles. The second-order valence-corrected chi connectivity index (χ2v) is 5.32. The van der Waals surface area contributed by atoms with Crippen LogP contribution in [0.4, 0.5) is 4.39 Å². The quantitative estimate of drug-likeness (QED) is 0.672. The fourth-order valence-corrected chi connectivity index (χ4v) is 2.18. The number of carbonyl (C=O) groups is 1. The van der Waals surface area contributed by atoms with Gasteiger partial charge in [-0.3, -0.25) is 4.79 Å². The first kappa shape index (κ1) is 18.9. The summed E-state index contributed by atoms with van der Waals surface area (Å²) < 4.78 is 29.3. The Balaban J connectivity index is 1.96. The van der Waals surface area contributed by atoms with Crippen LogP contribution in [0, 0.1) is 5.82 Å². The molecule has 0 aromatic heterocycles. The maximum Gasteiger partial charge on any atom is 0.246 e. The summed E-state index contributed by atoms with van der Waals surface area (Å²) in [7, 11) is 1.56. The Morgan fingerprint density at radius 2 is 1.80 bits per heavy atom. The van der Waals surface area contributed by atoms with Crippen LogP contribution < -0.4 is 10.1 Å². The number of hydrogen-bond donors (Lipinski definition) is 1.